The monoisotopic (exact) mass is 279 g/mol. The van der Waals surface area contributed by atoms with Crippen molar-refractivity contribution in [1.29, 1.82) is 0 Å². The van der Waals surface area contributed by atoms with E-state index < -0.39 is 16.9 Å². The quantitative estimate of drug-likeness (QED) is 0.819. The van der Waals surface area contributed by atoms with Crippen LogP contribution in [0.15, 0.2) is 22.6 Å². The Kier molecular flexibility index (Phi) is 3.80. The number of fused-ring (bicyclic) bond motifs is 1. The predicted octanol–water partition coefficient (Wildman–Crippen LogP) is 2.83. The fraction of sp³-hybridized carbons (Fsp3) is 0.308. The van der Waals surface area contributed by atoms with E-state index in [2.05, 4.69) is 17.2 Å². The molecule has 0 radical (unpaired) electrons. The van der Waals surface area contributed by atoms with Gasteiger partial charge in [-0.15, -0.1) is 0 Å². The smallest absolute Gasteiger partial charge is 0.304 e. The molecule has 6 heteroatoms. The van der Waals surface area contributed by atoms with Crippen molar-refractivity contribution >= 4 is 34.3 Å². The SMILES string of the molecule is CCc1ccc2nc(C(CC(=O)O)C(O)=S)oc2c1. The summed E-state index contributed by atoms with van der Waals surface area (Å²) >= 11 is 4.66. The maximum Gasteiger partial charge on any atom is 0.304 e. The molecule has 2 N–H and O–H groups in total. The highest BCUT2D eigenvalue weighted by Crippen LogP contribution is 2.25. The second-order valence-electron chi connectivity index (χ2n) is 4.20. The third-order valence-corrected chi connectivity index (χ3v) is 3.14. The average molecular weight is 279 g/mol. The Bertz CT molecular complexity index is 635. The van der Waals surface area contributed by atoms with E-state index in [1.165, 1.54) is 0 Å². The summed E-state index contributed by atoms with van der Waals surface area (Å²) < 4.78 is 5.51. The molecule has 0 bridgehead atoms. The fourth-order valence-corrected chi connectivity index (χ4v) is 1.99. The van der Waals surface area contributed by atoms with Gasteiger partial charge in [0.25, 0.3) is 0 Å². The van der Waals surface area contributed by atoms with Gasteiger partial charge in [-0.25, -0.2) is 4.98 Å². The normalized spacial score (nSPS) is 12.5. The zero-order chi connectivity index (χ0) is 14.0. The molecule has 2 aromatic rings. The van der Waals surface area contributed by atoms with Gasteiger partial charge in [-0.2, -0.15) is 0 Å². The van der Waals surface area contributed by atoms with Gasteiger partial charge in [0.2, 0.25) is 5.89 Å². The maximum absolute atomic E-state index is 10.8. The summed E-state index contributed by atoms with van der Waals surface area (Å²) in [5.74, 6) is -1.83. The van der Waals surface area contributed by atoms with Crippen molar-refractivity contribution in [3.63, 3.8) is 0 Å². The van der Waals surface area contributed by atoms with Gasteiger partial charge in [-0.3, -0.25) is 4.79 Å². The molecule has 2 rings (SSSR count). The van der Waals surface area contributed by atoms with E-state index in [1.807, 2.05) is 19.1 Å². The summed E-state index contributed by atoms with van der Waals surface area (Å²) in [5, 5.41) is 17.8. The number of carboxylic acids is 1. The highest BCUT2D eigenvalue weighted by atomic mass is 32.1. The lowest BCUT2D eigenvalue weighted by atomic mass is 10.1. The molecule has 1 aromatic heterocycles. The minimum atomic E-state index is -1.07. The fourth-order valence-electron chi connectivity index (χ4n) is 1.81. The van der Waals surface area contributed by atoms with Crippen LogP contribution in [0.2, 0.25) is 0 Å². The Balaban J connectivity index is 2.42. The van der Waals surface area contributed by atoms with Gasteiger partial charge in [0, 0.05) is 0 Å². The van der Waals surface area contributed by atoms with E-state index in [0.717, 1.165) is 12.0 Å². The van der Waals surface area contributed by atoms with Crippen molar-refractivity contribution in [3.05, 3.63) is 29.7 Å². The van der Waals surface area contributed by atoms with Crippen LogP contribution < -0.4 is 0 Å². The number of hydrogen-bond acceptors (Lipinski definition) is 4. The van der Waals surface area contributed by atoms with Crippen molar-refractivity contribution in [1.82, 2.24) is 4.98 Å². The summed E-state index contributed by atoms with van der Waals surface area (Å²) in [5.41, 5.74) is 2.29. The molecule has 1 unspecified atom stereocenters. The van der Waals surface area contributed by atoms with Gasteiger partial charge >= 0.3 is 5.97 Å². The van der Waals surface area contributed by atoms with E-state index in [9.17, 15) is 9.90 Å². The van der Waals surface area contributed by atoms with Crippen LogP contribution in [-0.2, 0) is 11.2 Å². The number of thiocarbonyl (C=S) groups is 1. The molecule has 19 heavy (non-hydrogen) atoms. The lowest BCUT2D eigenvalue weighted by molar-refractivity contribution is -0.137. The number of carbonyl (C=O) groups is 1. The first-order valence-corrected chi connectivity index (χ1v) is 6.26. The van der Waals surface area contributed by atoms with Gasteiger partial charge < -0.3 is 14.6 Å². The van der Waals surface area contributed by atoms with Gasteiger partial charge in [-0.05, 0) is 36.3 Å². The molecule has 0 spiro atoms. The molecule has 1 heterocycles. The van der Waals surface area contributed by atoms with E-state index in [4.69, 9.17) is 9.52 Å². The second kappa shape index (κ2) is 5.36. The molecule has 0 amide bonds. The molecule has 0 aliphatic carbocycles. The lowest BCUT2D eigenvalue weighted by Gasteiger charge is -2.06. The molecule has 0 aliphatic rings. The molecule has 0 fully saturated rings. The largest absolute Gasteiger partial charge is 0.501 e. The maximum atomic E-state index is 10.8. The number of aliphatic hydroxyl groups excluding tert-OH is 1. The Hall–Kier alpha value is -1.95. The minimum Gasteiger partial charge on any atom is -0.501 e. The van der Waals surface area contributed by atoms with Crippen LogP contribution in [0.1, 0.15) is 30.7 Å². The number of aromatic nitrogens is 1. The van der Waals surface area contributed by atoms with Crippen LogP contribution in [0, 0.1) is 0 Å². The summed E-state index contributed by atoms with van der Waals surface area (Å²) in [6.45, 7) is 2.02. The lowest BCUT2D eigenvalue weighted by Crippen LogP contribution is -2.14. The third kappa shape index (κ3) is 2.90. The number of rotatable bonds is 5. The molecule has 0 aliphatic heterocycles. The Labute approximate surface area is 114 Å². The number of nitrogens with zero attached hydrogens (tertiary/aromatic N) is 1. The van der Waals surface area contributed by atoms with Crippen LogP contribution in [0.25, 0.3) is 11.1 Å². The number of hydrogen-bond donors (Lipinski definition) is 2. The number of aliphatic hydroxyl groups is 1. The molecule has 100 valence electrons. The molecular formula is C13H13NO4S. The molecular weight excluding hydrogens is 266 g/mol. The highest BCUT2D eigenvalue weighted by molar-refractivity contribution is 7.80. The van der Waals surface area contributed by atoms with Gasteiger partial charge in [0.15, 0.2) is 10.6 Å². The Morgan fingerprint density at radius 1 is 1.47 bits per heavy atom. The van der Waals surface area contributed by atoms with Crippen molar-refractivity contribution in [2.24, 2.45) is 0 Å². The average Bonchev–Trinajstić information content (AvgIpc) is 2.77. The molecule has 0 saturated heterocycles. The number of aliphatic carboxylic acids is 1. The van der Waals surface area contributed by atoms with E-state index in [1.54, 1.807) is 6.07 Å². The minimum absolute atomic E-state index is 0.137. The topological polar surface area (TPSA) is 83.6 Å². The molecule has 1 aromatic carbocycles. The van der Waals surface area contributed by atoms with Gasteiger partial charge in [-0.1, -0.05) is 13.0 Å². The number of oxazole rings is 1. The first-order chi connectivity index (χ1) is 9.01. The van der Waals surface area contributed by atoms with Crippen LogP contribution in [0.3, 0.4) is 0 Å². The third-order valence-electron chi connectivity index (χ3n) is 2.85. The highest BCUT2D eigenvalue weighted by Gasteiger charge is 2.25. The molecule has 1 atom stereocenters. The van der Waals surface area contributed by atoms with E-state index >= 15 is 0 Å². The number of carboxylic acid groups (broad SMARTS) is 1. The van der Waals surface area contributed by atoms with Crippen molar-refractivity contribution < 1.29 is 19.4 Å². The van der Waals surface area contributed by atoms with Crippen LogP contribution in [0.4, 0.5) is 0 Å². The number of benzene rings is 1. The standard InChI is InChI=1S/C13H13NO4S/c1-2-7-3-4-9-10(5-7)18-12(14-9)8(13(17)19)6-11(15)16/h3-5,8H,2,6H2,1H3,(H,15,16)(H,17,19). The number of aryl methyl sites for hydroxylation is 1. The predicted molar refractivity (Wildman–Crippen MR) is 73.6 cm³/mol. The molecule has 0 saturated carbocycles. The van der Waals surface area contributed by atoms with Crippen LogP contribution >= 0.6 is 12.2 Å². The first-order valence-electron chi connectivity index (χ1n) is 5.85. The Morgan fingerprint density at radius 3 is 2.79 bits per heavy atom. The summed E-state index contributed by atoms with van der Waals surface area (Å²) in [7, 11) is 0. The summed E-state index contributed by atoms with van der Waals surface area (Å²) in [6, 6.07) is 5.58. The van der Waals surface area contributed by atoms with Crippen LogP contribution in [0.5, 0.6) is 0 Å². The van der Waals surface area contributed by atoms with Gasteiger partial charge in [0.05, 0.1) is 6.42 Å². The van der Waals surface area contributed by atoms with E-state index in [-0.39, 0.29) is 12.3 Å². The van der Waals surface area contributed by atoms with Crippen molar-refractivity contribution in [2.75, 3.05) is 0 Å². The summed E-state index contributed by atoms with van der Waals surface area (Å²) in [6.07, 6.45) is 0.520. The van der Waals surface area contributed by atoms with Gasteiger partial charge in [0.1, 0.15) is 11.4 Å². The zero-order valence-electron chi connectivity index (χ0n) is 10.3. The van der Waals surface area contributed by atoms with Crippen molar-refractivity contribution in [3.8, 4) is 0 Å². The van der Waals surface area contributed by atoms with E-state index in [0.29, 0.717) is 11.1 Å². The Morgan fingerprint density at radius 2 is 2.21 bits per heavy atom. The summed E-state index contributed by atoms with van der Waals surface area (Å²) in [4.78, 5) is 14.9. The zero-order valence-corrected chi connectivity index (χ0v) is 11.1. The molecule has 5 nitrogen and oxygen atoms in total. The van der Waals surface area contributed by atoms with Crippen molar-refractivity contribution in [2.45, 2.75) is 25.7 Å². The first kappa shape index (κ1) is 13.5. The second-order valence-corrected chi connectivity index (χ2v) is 4.61. The van der Waals surface area contributed by atoms with Crippen LogP contribution in [-0.4, -0.2) is 26.2 Å².